The molecule has 84 valence electrons. The number of H-pyrrole nitrogens is 1. The van der Waals surface area contributed by atoms with Gasteiger partial charge < -0.3 is 4.98 Å². The Morgan fingerprint density at radius 1 is 1.18 bits per heavy atom. The van der Waals surface area contributed by atoms with Gasteiger partial charge in [-0.1, -0.05) is 12.1 Å². The lowest BCUT2D eigenvalue weighted by Crippen LogP contribution is -1.83. The van der Waals surface area contributed by atoms with Crippen LogP contribution in [-0.4, -0.2) is 9.97 Å². The number of rotatable bonds is 1. The summed E-state index contributed by atoms with van der Waals surface area (Å²) in [4.78, 5) is 7.35. The van der Waals surface area contributed by atoms with Crippen molar-refractivity contribution < 1.29 is 4.39 Å². The van der Waals surface area contributed by atoms with Gasteiger partial charge in [0, 0.05) is 27.8 Å². The van der Waals surface area contributed by atoms with Gasteiger partial charge in [-0.15, -0.1) is 0 Å². The predicted molar refractivity (Wildman–Crippen MR) is 69.2 cm³/mol. The topological polar surface area (TPSA) is 28.7 Å². The van der Waals surface area contributed by atoms with E-state index in [1.54, 1.807) is 12.3 Å². The maximum Gasteiger partial charge on any atom is 0.138 e. The Hall–Kier alpha value is -1.68. The van der Waals surface area contributed by atoms with Gasteiger partial charge in [-0.25, -0.2) is 9.37 Å². The van der Waals surface area contributed by atoms with Crippen LogP contribution >= 0.6 is 15.9 Å². The second kappa shape index (κ2) is 3.96. The minimum atomic E-state index is -0.240. The van der Waals surface area contributed by atoms with Crippen LogP contribution in [0, 0.1) is 5.82 Å². The minimum Gasteiger partial charge on any atom is -0.345 e. The van der Waals surface area contributed by atoms with Crippen molar-refractivity contribution >= 4 is 27.0 Å². The van der Waals surface area contributed by atoms with Gasteiger partial charge in [-0.3, -0.25) is 0 Å². The van der Waals surface area contributed by atoms with Crippen molar-refractivity contribution in [2.75, 3.05) is 0 Å². The number of aromatic amines is 1. The van der Waals surface area contributed by atoms with Crippen LogP contribution in [0.2, 0.25) is 0 Å². The fraction of sp³-hybridized carbons (Fsp3) is 0. The molecule has 0 aliphatic rings. The lowest BCUT2D eigenvalue weighted by atomic mass is 10.1. The molecule has 0 amide bonds. The summed E-state index contributed by atoms with van der Waals surface area (Å²) in [6.45, 7) is 0. The van der Waals surface area contributed by atoms with E-state index in [-0.39, 0.29) is 5.82 Å². The van der Waals surface area contributed by atoms with Gasteiger partial charge in [0.25, 0.3) is 0 Å². The first-order valence-electron chi connectivity index (χ1n) is 5.12. The number of nitrogens with zero attached hydrogens (tertiary/aromatic N) is 1. The highest BCUT2D eigenvalue weighted by atomic mass is 79.9. The van der Waals surface area contributed by atoms with E-state index in [9.17, 15) is 4.39 Å². The molecule has 0 aliphatic carbocycles. The van der Waals surface area contributed by atoms with Crippen molar-refractivity contribution in [3.63, 3.8) is 0 Å². The lowest BCUT2D eigenvalue weighted by Gasteiger charge is -2.01. The molecular formula is C13H8BrFN2. The molecule has 0 atom stereocenters. The number of hydrogen-bond acceptors (Lipinski definition) is 1. The van der Waals surface area contributed by atoms with E-state index in [1.807, 2.05) is 18.3 Å². The predicted octanol–water partition coefficient (Wildman–Crippen LogP) is 4.13. The number of halogens is 2. The van der Waals surface area contributed by atoms with Gasteiger partial charge >= 0.3 is 0 Å². The molecule has 4 heteroatoms. The van der Waals surface area contributed by atoms with Crippen molar-refractivity contribution in [3.05, 3.63) is 53.0 Å². The van der Waals surface area contributed by atoms with E-state index in [1.165, 1.54) is 12.1 Å². The molecule has 1 N–H and O–H groups in total. The Kier molecular flexibility index (Phi) is 2.44. The first kappa shape index (κ1) is 10.5. The van der Waals surface area contributed by atoms with E-state index < -0.39 is 0 Å². The monoisotopic (exact) mass is 290 g/mol. The third-order valence-corrected chi connectivity index (χ3v) is 3.29. The Bertz CT molecular complexity index is 691. The van der Waals surface area contributed by atoms with Crippen LogP contribution in [0.5, 0.6) is 0 Å². The molecule has 3 aromatic rings. The molecule has 2 heterocycles. The third-order valence-electron chi connectivity index (χ3n) is 2.64. The second-order valence-electron chi connectivity index (χ2n) is 3.77. The zero-order chi connectivity index (χ0) is 11.8. The standard InChI is InChI=1S/C13H8BrFN2/c14-12-7-17-13-11(12)5-9(6-16-13)8-2-1-3-10(15)4-8/h1-7H,(H,16,17). The maximum atomic E-state index is 13.2. The number of aromatic nitrogens is 2. The van der Waals surface area contributed by atoms with Crippen LogP contribution in [0.3, 0.4) is 0 Å². The van der Waals surface area contributed by atoms with Gasteiger partial charge in [0.1, 0.15) is 11.5 Å². The molecule has 2 aromatic heterocycles. The molecule has 0 aliphatic heterocycles. The van der Waals surface area contributed by atoms with Crippen LogP contribution in [0.1, 0.15) is 0 Å². The number of hydrogen-bond donors (Lipinski definition) is 1. The summed E-state index contributed by atoms with van der Waals surface area (Å²) in [6.07, 6.45) is 3.58. The van der Waals surface area contributed by atoms with Crippen molar-refractivity contribution in [2.24, 2.45) is 0 Å². The summed E-state index contributed by atoms with van der Waals surface area (Å²) in [6, 6.07) is 8.48. The minimum absolute atomic E-state index is 0.240. The van der Waals surface area contributed by atoms with E-state index in [0.717, 1.165) is 26.6 Å². The summed E-state index contributed by atoms with van der Waals surface area (Å²) < 4.78 is 14.1. The highest BCUT2D eigenvalue weighted by Crippen LogP contribution is 2.27. The Morgan fingerprint density at radius 2 is 2.06 bits per heavy atom. The van der Waals surface area contributed by atoms with Crippen molar-refractivity contribution in [2.45, 2.75) is 0 Å². The number of fused-ring (bicyclic) bond motifs is 1. The zero-order valence-electron chi connectivity index (χ0n) is 8.74. The summed E-state index contributed by atoms with van der Waals surface area (Å²) >= 11 is 3.44. The highest BCUT2D eigenvalue weighted by Gasteiger charge is 2.05. The van der Waals surface area contributed by atoms with Crippen molar-refractivity contribution in [1.82, 2.24) is 9.97 Å². The molecular weight excluding hydrogens is 283 g/mol. The summed E-state index contributed by atoms with van der Waals surface area (Å²) in [5.41, 5.74) is 2.54. The molecule has 1 aromatic carbocycles. The SMILES string of the molecule is Fc1cccc(-c2cnc3[nH]cc(Br)c3c2)c1. The van der Waals surface area contributed by atoms with Crippen LogP contribution in [0.15, 0.2) is 47.2 Å². The Balaban J connectivity index is 2.20. The van der Waals surface area contributed by atoms with Gasteiger partial charge in [-0.05, 0) is 39.7 Å². The largest absolute Gasteiger partial charge is 0.345 e. The summed E-state index contributed by atoms with van der Waals surface area (Å²) in [7, 11) is 0. The molecule has 0 saturated heterocycles. The first-order valence-corrected chi connectivity index (χ1v) is 5.92. The molecule has 0 fully saturated rings. The molecule has 2 nitrogen and oxygen atoms in total. The third kappa shape index (κ3) is 1.85. The Morgan fingerprint density at radius 3 is 2.88 bits per heavy atom. The molecule has 0 radical (unpaired) electrons. The quantitative estimate of drug-likeness (QED) is 0.717. The van der Waals surface area contributed by atoms with Crippen molar-refractivity contribution in [3.8, 4) is 11.1 Å². The van der Waals surface area contributed by atoms with E-state index in [2.05, 4.69) is 25.9 Å². The summed E-state index contributed by atoms with van der Waals surface area (Å²) in [5.74, 6) is -0.240. The highest BCUT2D eigenvalue weighted by molar-refractivity contribution is 9.10. The lowest BCUT2D eigenvalue weighted by molar-refractivity contribution is 0.628. The van der Waals surface area contributed by atoms with E-state index in [0.29, 0.717) is 0 Å². The number of benzene rings is 1. The molecule has 0 spiro atoms. The molecule has 0 saturated carbocycles. The van der Waals surface area contributed by atoms with Crippen LogP contribution in [0.4, 0.5) is 4.39 Å². The van der Waals surface area contributed by atoms with Gasteiger partial charge in [0.15, 0.2) is 0 Å². The number of pyridine rings is 1. The molecule has 3 rings (SSSR count). The number of nitrogens with one attached hydrogen (secondary N) is 1. The van der Waals surface area contributed by atoms with Gasteiger partial charge in [-0.2, -0.15) is 0 Å². The first-order chi connectivity index (χ1) is 8.24. The van der Waals surface area contributed by atoms with E-state index >= 15 is 0 Å². The van der Waals surface area contributed by atoms with Crippen molar-refractivity contribution in [1.29, 1.82) is 0 Å². The maximum absolute atomic E-state index is 13.2. The summed E-state index contributed by atoms with van der Waals surface area (Å²) in [5, 5.41) is 0.992. The molecule has 0 bridgehead atoms. The smallest absolute Gasteiger partial charge is 0.138 e. The van der Waals surface area contributed by atoms with Crippen LogP contribution < -0.4 is 0 Å². The normalized spacial score (nSPS) is 10.9. The fourth-order valence-electron chi connectivity index (χ4n) is 1.80. The van der Waals surface area contributed by atoms with E-state index in [4.69, 9.17) is 0 Å². The second-order valence-corrected chi connectivity index (χ2v) is 4.62. The average molecular weight is 291 g/mol. The van der Waals surface area contributed by atoms with Gasteiger partial charge in [0.05, 0.1) is 0 Å². The zero-order valence-corrected chi connectivity index (χ0v) is 10.3. The fourth-order valence-corrected chi connectivity index (χ4v) is 2.21. The van der Waals surface area contributed by atoms with Crippen LogP contribution in [-0.2, 0) is 0 Å². The Labute approximate surface area is 106 Å². The average Bonchev–Trinajstić information content (AvgIpc) is 2.71. The molecule has 0 unspecified atom stereocenters. The molecule has 17 heavy (non-hydrogen) atoms. The van der Waals surface area contributed by atoms with Gasteiger partial charge in [0.2, 0.25) is 0 Å². The van der Waals surface area contributed by atoms with Crippen LogP contribution in [0.25, 0.3) is 22.2 Å².